The molecule has 1 saturated heterocycles. The molecule has 1 aromatic rings. The minimum absolute atomic E-state index is 0. The number of piperidine rings is 1. The molecule has 1 heterocycles. The van der Waals surface area contributed by atoms with Crippen molar-refractivity contribution in [2.24, 2.45) is 5.73 Å². The second kappa shape index (κ2) is 8.47. The van der Waals surface area contributed by atoms with Crippen molar-refractivity contribution in [3.05, 3.63) is 29.3 Å². The maximum Gasteiger partial charge on any atom is 0.238 e. The van der Waals surface area contributed by atoms with E-state index < -0.39 is 0 Å². The van der Waals surface area contributed by atoms with Gasteiger partial charge >= 0.3 is 0 Å². The van der Waals surface area contributed by atoms with Crippen molar-refractivity contribution in [1.82, 2.24) is 4.90 Å². The molecule has 20 heavy (non-hydrogen) atoms. The fourth-order valence-electron chi connectivity index (χ4n) is 2.45. The molecule has 3 N–H and O–H groups in total. The minimum atomic E-state index is 0. The Morgan fingerprint density at radius 3 is 2.70 bits per heavy atom. The molecule has 0 aromatic heterocycles. The van der Waals surface area contributed by atoms with Crippen LogP contribution in [0.2, 0.25) is 5.02 Å². The van der Waals surface area contributed by atoms with E-state index in [2.05, 4.69) is 10.2 Å². The first kappa shape index (κ1) is 17.2. The molecule has 1 fully saturated rings. The molecule has 0 aliphatic carbocycles. The van der Waals surface area contributed by atoms with Crippen LogP contribution < -0.4 is 11.1 Å². The van der Waals surface area contributed by atoms with E-state index in [9.17, 15) is 4.79 Å². The van der Waals surface area contributed by atoms with Gasteiger partial charge in [-0.3, -0.25) is 9.69 Å². The number of nitrogens with zero attached hydrogens (tertiary/aromatic N) is 1. The molecule has 1 aliphatic rings. The number of rotatable bonds is 4. The van der Waals surface area contributed by atoms with Crippen molar-refractivity contribution in [1.29, 1.82) is 0 Å². The van der Waals surface area contributed by atoms with Crippen molar-refractivity contribution < 1.29 is 4.79 Å². The van der Waals surface area contributed by atoms with Crippen molar-refractivity contribution in [3.8, 4) is 0 Å². The number of likely N-dealkylation sites (tertiary alicyclic amines) is 1. The van der Waals surface area contributed by atoms with Gasteiger partial charge < -0.3 is 11.1 Å². The summed E-state index contributed by atoms with van der Waals surface area (Å²) in [7, 11) is 0. The SMILES string of the molecule is Cl.NCC1CCCCN1CC(=O)Nc1ccc(Cl)cc1. The monoisotopic (exact) mass is 317 g/mol. The second-order valence-corrected chi connectivity index (χ2v) is 5.35. The molecule has 1 unspecified atom stereocenters. The summed E-state index contributed by atoms with van der Waals surface area (Å²) in [6.07, 6.45) is 3.44. The highest BCUT2D eigenvalue weighted by molar-refractivity contribution is 6.30. The molecule has 0 radical (unpaired) electrons. The molecule has 1 atom stereocenters. The second-order valence-electron chi connectivity index (χ2n) is 4.91. The molecular formula is C14H21Cl2N3O. The molecule has 1 aromatic carbocycles. The summed E-state index contributed by atoms with van der Waals surface area (Å²) in [4.78, 5) is 14.2. The summed E-state index contributed by atoms with van der Waals surface area (Å²) in [5.41, 5.74) is 6.52. The molecule has 2 rings (SSSR count). The minimum Gasteiger partial charge on any atom is -0.329 e. The van der Waals surface area contributed by atoms with Crippen LogP contribution in [0.4, 0.5) is 5.69 Å². The van der Waals surface area contributed by atoms with Crippen LogP contribution in [0.3, 0.4) is 0 Å². The Labute approximate surface area is 131 Å². The fraction of sp³-hybridized carbons (Fsp3) is 0.500. The average Bonchev–Trinajstić information content (AvgIpc) is 2.42. The summed E-state index contributed by atoms with van der Waals surface area (Å²) < 4.78 is 0. The zero-order valence-corrected chi connectivity index (χ0v) is 12.9. The van der Waals surface area contributed by atoms with E-state index >= 15 is 0 Å². The van der Waals surface area contributed by atoms with E-state index in [-0.39, 0.29) is 18.3 Å². The van der Waals surface area contributed by atoms with Crippen molar-refractivity contribution in [2.45, 2.75) is 25.3 Å². The van der Waals surface area contributed by atoms with Gasteiger partial charge in [0.25, 0.3) is 0 Å². The Morgan fingerprint density at radius 2 is 2.05 bits per heavy atom. The van der Waals surface area contributed by atoms with Crippen LogP contribution in [-0.2, 0) is 4.79 Å². The molecule has 6 heteroatoms. The van der Waals surface area contributed by atoms with Crippen LogP contribution in [-0.4, -0.2) is 36.5 Å². The number of carbonyl (C=O) groups is 1. The number of halogens is 2. The van der Waals surface area contributed by atoms with Gasteiger partial charge in [-0.1, -0.05) is 18.0 Å². The van der Waals surface area contributed by atoms with E-state index in [1.165, 1.54) is 6.42 Å². The van der Waals surface area contributed by atoms with Gasteiger partial charge in [-0.15, -0.1) is 12.4 Å². The number of hydrogen-bond donors (Lipinski definition) is 2. The Morgan fingerprint density at radius 1 is 1.35 bits per heavy atom. The van der Waals surface area contributed by atoms with Crippen LogP contribution in [0.5, 0.6) is 0 Å². The topological polar surface area (TPSA) is 58.4 Å². The lowest BCUT2D eigenvalue weighted by molar-refractivity contribution is -0.118. The van der Waals surface area contributed by atoms with Gasteiger partial charge in [0.15, 0.2) is 0 Å². The van der Waals surface area contributed by atoms with E-state index in [1.54, 1.807) is 24.3 Å². The summed E-state index contributed by atoms with van der Waals surface area (Å²) >= 11 is 5.81. The van der Waals surface area contributed by atoms with Crippen LogP contribution >= 0.6 is 24.0 Å². The largest absolute Gasteiger partial charge is 0.329 e. The summed E-state index contributed by atoms with van der Waals surface area (Å²) in [6, 6.07) is 7.47. The zero-order chi connectivity index (χ0) is 13.7. The van der Waals surface area contributed by atoms with Gasteiger partial charge in [0.05, 0.1) is 6.54 Å². The van der Waals surface area contributed by atoms with E-state index in [0.717, 1.165) is 25.1 Å². The zero-order valence-electron chi connectivity index (χ0n) is 11.3. The van der Waals surface area contributed by atoms with Gasteiger partial charge in [-0.05, 0) is 43.7 Å². The Hall–Kier alpha value is -0.810. The van der Waals surface area contributed by atoms with Crippen LogP contribution in [0.1, 0.15) is 19.3 Å². The quantitative estimate of drug-likeness (QED) is 0.897. The van der Waals surface area contributed by atoms with Crippen molar-refractivity contribution in [2.75, 3.05) is 25.0 Å². The van der Waals surface area contributed by atoms with Gasteiger partial charge in [0.2, 0.25) is 5.91 Å². The van der Waals surface area contributed by atoms with Crippen LogP contribution in [0, 0.1) is 0 Å². The summed E-state index contributed by atoms with van der Waals surface area (Å²) in [5.74, 6) is 0.00247. The number of nitrogens with two attached hydrogens (primary N) is 1. The Balaban J connectivity index is 0.00000200. The molecular weight excluding hydrogens is 297 g/mol. The van der Waals surface area contributed by atoms with E-state index in [0.29, 0.717) is 24.2 Å². The van der Waals surface area contributed by atoms with Gasteiger partial charge in [0, 0.05) is 23.3 Å². The summed E-state index contributed by atoms with van der Waals surface area (Å²) in [5, 5.41) is 3.55. The standard InChI is InChI=1S/C14H20ClN3O.ClH/c15-11-4-6-12(7-5-11)17-14(19)10-18-8-2-1-3-13(18)9-16;/h4-7,13H,1-3,8-10,16H2,(H,17,19);1H. The highest BCUT2D eigenvalue weighted by Gasteiger charge is 2.22. The van der Waals surface area contributed by atoms with Crippen LogP contribution in [0.15, 0.2) is 24.3 Å². The highest BCUT2D eigenvalue weighted by atomic mass is 35.5. The lowest BCUT2D eigenvalue weighted by Crippen LogP contribution is -2.47. The summed E-state index contributed by atoms with van der Waals surface area (Å²) in [6.45, 7) is 1.98. The Bertz CT molecular complexity index is 425. The highest BCUT2D eigenvalue weighted by Crippen LogP contribution is 2.17. The van der Waals surface area contributed by atoms with Gasteiger partial charge in [0.1, 0.15) is 0 Å². The first-order valence-corrected chi connectivity index (χ1v) is 7.06. The van der Waals surface area contributed by atoms with Gasteiger partial charge in [-0.2, -0.15) is 0 Å². The Kier molecular flexibility index (Phi) is 7.30. The van der Waals surface area contributed by atoms with Gasteiger partial charge in [-0.25, -0.2) is 0 Å². The number of nitrogens with one attached hydrogen (secondary N) is 1. The third-order valence-corrected chi connectivity index (χ3v) is 3.75. The smallest absolute Gasteiger partial charge is 0.238 e. The van der Waals surface area contributed by atoms with Crippen molar-refractivity contribution in [3.63, 3.8) is 0 Å². The first-order valence-electron chi connectivity index (χ1n) is 6.68. The molecule has 0 saturated carbocycles. The fourth-order valence-corrected chi connectivity index (χ4v) is 2.58. The maximum atomic E-state index is 12.0. The normalized spacial score (nSPS) is 19.2. The van der Waals surface area contributed by atoms with Crippen molar-refractivity contribution >= 4 is 35.6 Å². The predicted molar refractivity (Wildman–Crippen MR) is 85.6 cm³/mol. The van der Waals surface area contributed by atoms with E-state index in [4.69, 9.17) is 17.3 Å². The third-order valence-electron chi connectivity index (χ3n) is 3.50. The molecule has 0 spiro atoms. The third kappa shape index (κ3) is 4.94. The molecule has 4 nitrogen and oxygen atoms in total. The number of hydrogen-bond acceptors (Lipinski definition) is 3. The first-order chi connectivity index (χ1) is 9.19. The number of benzene rings is 1. The molecule has 1 aliphatic heterocycles. The average molecular weight is 318 g/mol. The van der Waals surface area contributed by atoms with E-state index in [1.807, 2.05) is 0 Å². The molecule has 1 amide bonds. The molecule has 0 bridgehead atoms. The van der Waals surface area contributed by atoms with Crippen LogP contribution in [0.25, 0.3) is 0 Å². The predicted octanol–water partition coefficient (Wildman–Crippen LogP) is 2.51. The lowest BCUT2D eigenvalue weighted by atomic mass is 10.0. The number of carbonyl (C=O) groups excluding carboxylic acids is 1. The number of anilines is 1. The maximum absolute atomic E-state index is 12.0. The molecule has 112 valence electrons. The lowest BCUT2D eigenvalue weighted by Gasteiger charge is -2.34. The number of amides is 1.